The molecular formula is C7H12N2O2. The van der Waals surface area contributed by atoms with Crippen LogP contribution >= 0.6 is 0 Å². The largest absolute Gasteiger partial charge is 0.493 e. The van der Waals surface area contributed by atoms with Gasteiger partial charge >= 0.3 is 5.69 Å². The molecule has 0 saturated heterocycles. The lowest BCUT2D eigenvalue weighted by Gasteiger charge is -1.93. The summed E-state index contributed by atoms with van der Waals surface area (Å²) < 4.78 is 2.71. The van der Waals surface area contributed by atoms with Gasteiger partial charge in [-0.15, -0.1) is 0 Å². The van der Waals surface area contributed by atoms with Crippen molar-refractivity contribution >= 4 is 0 Å². The molecule has 0 fully saturated rings. The fourth-order valence-electron chi connectivity index (χ4n) is 0.973. The van der Waals surface area contributed by atoms with Crippen LogP contribution < -0.4 is 5.69 Å². The van der Waals surface area contributed by atoms with E-state index in [2.05, 4.69) is 0 Å². The first-order valence-electron chi connectivity index (χ1n) is 3.62. The highest BCUT2D eigenvalue weighted by Gasteiger charge is 2.03. The van der Waals surface area contributed by atoms with Gasteiger partial charge in [0, 0.05) is 13.6 Å². The molecule has 1 N–H and O–H groups in total. The molecule has 0 radical (unpaired) electrons. The molecule has 0 amide bonds. The lowest BCUT2D eigenvalue weighted by atomic mass is 10.5. The van der Waals surface area contributed by atoms with Gasteiger partial charge in [0.1, 0.15) is 0 Å². The van der Waals surface area contributed by atoms with Gasteiger partial charge in [0.2, 0.25) is 5.88 Å². The van der Waals surface area contributed by atoms with Gasteiger partial charge in [-0.1, -0.05) is 6.92 Å². The van der Waals surface area contributed by atoms with Crippen molar-refractivity contribution in [2.45, 2.75) is 19.9 Å². The zero-order valence-corrected chi connectivity index (χ0v) is 6.74. The normalized spacial score (nSPS) is 10.4. The highest BCUT2D eigenvalue weighted by atomic mass is 16.3. The van der Waals surface area contributed by atoms with Gasteiger partial charge < -0.3 is 5.11 Å². The number of rotatable bonds is 2. The molecule has 4 heteroatoms. The number of aromatic hydroxyl groups is 1. The van der Waals surface area contributed by atoms with Gasteiger partial charge in [-0.05, 0) is 6.42 Å². The van der Waals surface area contributed by atoms with Crippen molar-refractivity contribution in [3.63, 3.8) is 0 Å². The number of nitrogens with zero attached hydrogens (tertiary/aromatic N) is 2. The monoisotopic (exact) mass is 156 g/mol. The zero-order valence-electron chi connectivity index (χ0n) is 6.74. The van der Waals surface area contributed by atoms with Gasteiger partial charge in [0.05, 0.1) is 6.20 Å². The lowest BCUT2D eigenvalue weighted by Crippen LogP contribution is -2.21. The molecule has 62 valence electrons. The maximum Gasteiger partial charge on any atom is 0.330 e. The summed E-state index contributed by atoms with van der Waals surface area (Å²) in [6, 6.07) is 0. The molecule has 0 aromatic carbocycles. The Labute approximate surface area is 64.7 Å². The van der Waals surface area contributed by atoms with Crippen molar-refractivity contribution in [3.8, 4) is 5.88 Å². The van der Waals surface area contributed by atoms with Gasteiger partial charge in [-0.25, -0.2) is 4.79 Å². The fraction of sp³-hybridized carbons (Fsp3) is 0.571. The molecule has 4 nitrogen and oxygen atoms in total. The number of hydrogen-bond donors (Lipinski definition) is 1. The van der Waals surface area contributed by atoms with E-state index in [9.17, 15) is 4.79 Å². The number of aromatic nitrogens is 2. The SMILES string of the molecule is CCCn1cc(O)n(C)c1=O. The van der Waals surface area contributed by atoms with Crippen LogP contribution in [0.4, 0.5) is 0 Å². The van der Waals surface area contributed by atoms with Crippen molar-refractivity contribution in [1.29, 1.82) is 0 Å². The van der Waals surface area contributed by atoms with E-state index >= 15 is 0 Å². The average Bonchev–Trinajstić information content (AvgIpc) is 2.19. The minimum absolute atomic E-state index is 0.0171. The van der Waals surface area contributed by atoms with Crippen molar-refractivity contribution < 1.29 is 5.11 Å². The topological polar surface area (TPSA) is 47.2 Å². The molecule has 1 aromatic heterocycles. The van der Waals surface area contributed by atoms with Crippen LogP contribution in [0.25, 0.3) is 0 Å². The van der Waals surface area contributed by atoms with E-state index in [1.807, 2.05) is 6.92 Å². The quantitative estimate of drug-likeness (QED) is 0.669. The summed E-state index contributed by atoms with van der Waals surface area (Å²) in [5, 5.41) is 9.09. The van der Waals surface area contributed by atoms with E-state index in [0.29, 0.717) is 6.54 Å². The minimum atomic E-state index is -0.163. The molecule has 0 saturated carbocycles. The Morgan fingerprint density at radius 2 is 2.27 bits per heavy atom. The number of imidazole rings is 1. The first-order valence-corrected chi connectivity index (χ1v) is 3.62. The van der Waals surface area contributed by atoms with E-state index in [-0.39, 0.29) is 11.6 Å². The van der Waals surface area contributed by atoms with Crippen molar-refractivity contribution in [1.82, 2.24) is 9.13 Å². The highest BCUT2D eigenvalue weighted by molar-refractivity contribution is 5.03. The van der Waals surface area contributed by atoms with Crippen molar-refractivity contribution in [2.24, 2.45) is 7.05 Å². The third kappa shape index (κ3) is 1.29. The molecule has 0 atom stereocenters. The third-order valence-electron chi connectivity index (χ3n) is 1.61. The summed E-state index contributed by atoms with van der Waals surface area (Å²) >= 11 is 0. The highest BCUT2D eigenvalue weighted by Crippen LogP contribution is 2.02. The Kier molecular flexibility index (Phi) is 2.03. The first-order chi connectivity index (χ1) is 5.16. The second-order valence-corrected chi connectivity index (χ2v) is 2.52. The van der Waals surface area contributed by atoms with Crippen LogP contribution in [0.5, 0.6) is 5.88 Å². The lowest BCUT2D eigenvalue weighted by molar-refractivity contribution is 0.429. The second kappa shape index (κ2) is 2.82. The maximum absolute atomic E-state index is 11.1. The average molecular weight is 156 g/mol. The number of hydrogen-bond acceptors (Lipinski definition) is 2. The van der Waals surface area contributed by atoms with Crippen LogP contribution in [-0.4, -0.2) is 14.2 Å². The van der Waals surface area contributed by atoms with E-state index in [1.165, 1.54) is 15.3 Å². The fourth-order valence-corrected chi connectivity index (χ4v) is 0.973. The summed E-state index contributed by atoms with van der Waals surface area (Å²) in [7, 11) is 1.55. The molecule has 1 aromatic rings. The zero-order chi connectivity index (χ0) is 8.43. The van der Waals surface area contributed by atoms with Gasteiger partial charge in [0.15, 0.2) is 0 Å². The molecule has 1 rings (SSSR count). The predicted molar refractivity (Wildman–Crippen MR) is 41.6 cm³/mol. The van der Waals surface area contributed by atoms with Crippen LogP contribution in [0.3, 0.4) is 0 Å². The van der Waals surface area contributed by atoms with Crippen LogP contribution in [0.15, 0.2) is 11.0 Å². The second-order valence-electron chi connectivity index (χ2n) is 2.52. The van der Waals surface area contributed by atoms with Crippen LogP contribution in [0, 0.1) is 0 Å². The van der Waals surface area contributed by atoms with E-state index in [1.54, 1.807) is 7.05 Å². The Balaban J connectivity index is 3.09. The number of aryl methyl sites for hydroxylation is 1. The van der Waals surface area contributed by atoms with Crippen molar-refractivity contribution in [2.75, 3.05) is 0 Å². The minimum Gasteiger partial charge on any atom is -0.493 e. The van der Waals surface area contributed by atoms with Crippen LogP contribution in [0.1, 0.15) is 13.3 Å². The van der Waals surface area contributed by atoms with Crippen LogP contribution in [-0.2, 0) is 13.6 Å². The molecule has 11 heavy (non-hydrogen) atoms. The molecule has 0 aliphatic heterocycles. The molecule has 0 aliphatic carbocycles. The van der Waals surface area contributed by atoms with E-state index in [4.69, 9.17) is 5.11 Å². The van der Waals surface area contributed by atoms with Gasteiger partial charge in [-0.2, -0.15) is 0 Å². The molecule has 0 unspecified atom stereocenters. The summed E-state index contributed by atoms with van der Waals surface area (Å²) in [4.78, 5) is 11.1. The van der Waals surface area contributed by atoms with Gasteiger partial charge in [0.25, 0.3) is 0 Å². The standard InChI is InChI=1S/C7H12N2O2/c1-3-4-9-5-6(10)8(2)7(9)11/h5,10H,3-4H2,1-2H3. The smallest absolute Gasteiger partial charge is 0.330 e. The Morgan fingerprint density at radius 1 is 1.64 bits per heavy atom. The molecular weight excluding hydrogens is 144 g/mol. The first kappa shape index (κ1) is 7.91. The van der Waals surface area contributed by atoms with E-state index in [0.717, 1.165) is 6.42 Å². The molecule has 1 heterocycles. The van der Waals surface area contributed by atoms with Crippen molar-refractivity contribution in [3.05, 3.63) is 16.7 Å². The third-order valence-corrected chi connectivity index (χ3v) is 1.61. The predicted octanol–water partition coefficient (Wildman–Crippen LogP) is 0.302. The summed E-state index contributed by atoms with van der Waals surface area (Å²) in [6.45, 7) is 2.64. The molecule has 0 bridgehead atoms. The summed E-state index contributed by atoms with van der Waals surface area (Å²) in [5.41, 5.74) is -0.163. The van der Waals surface area contributed by atoms with Crippen LogP contribution in [0.2, 0.25) is 0 Å². The summed E-state index contributed by atoms with van der Waals surface area (Å²) in [6.07, 6.45) is 2.34. The maximum atomic E-state index is 11.1. The van der Waals surface area contributed by atoms with E-state index < -0.39 is 0 Å². The Bertz CT molecular complexity index is 298. The van der Waals surface area contributed by atoms with Gasteiger partial charge in [-0.3, -0.25) is 9.13 Å². The Hall–Kier alpha value is -1.19. The Morgan fingerprint density at radius 3 is 2.64 bits per heavy atom. The molecule has 0 aliphatic rings. The molecule has 0 spiro atoms. The summed E-state index contributed by atoms with van der Waals surface area (Å²) in [5.74, 6) is 0.0171.